The number of para-hydroxylation sites is 1. The first-order chi connectivity index (χ1) is 15.3. The minimum Gasteiger partial charge on any atom is -0.496 e. The Morgan fingerprint density at radius 3 is 2.16 bits per heavy atom. The number of carboxylic acids is 1. The Hall–Kier alpha value is -3.27. The number of methoxy groups -OCH3 is 1. The molecule has 0 bridgehead atoms. The van der Waals surface area contributed by atoms with Crippen molar-refractivity contribution in [1.29, 1.82) is 0 Å². The molecule has 0 spiro atoms. The average Bonchev–Trinajstić information content (AvgIpc) is 2.80. The van der Waals surface area contributed by atoms with E-state index in [1.165, 1.54) is 6.92 Å². The van der Waals surface area contributed by atoms with Crippen molar-refractivity contribution < 1.29 is 24.2 Å². The van der Waals surface area contributed by atoms with Crippen molar-refractivity contribution in [3.05, 3.63) is 59.7 Å². The maximum atomic E-state index is 10.6. The Bertz CT molecular complexity index is 789. The summed E-state index contributed by atoms with van der Waals surface area (Å²) in [6.07, 6.45) is 2.93. The molecule has 2 aromatic rings. The molecule has 0 radical (unpaired) electrons. The topological polar surface area (TPSA) is 171 Å². The highest BCUT2D eigenvalue weighted by molar-refractivity contribution is 5.89. The van der Waals surface area contributed by atoms with Gasteiger partial charge in [0.15, 0.2) is 0 Å². The molecule has 0 aliphatic heterocycles. The summed E-state index contributed by atoms with van der Waals surface area (Å²) < 4.78 is 5.06. The van der Waals surface area contributed by atoms with E-state index in [2.05, 4.69) is 5.32 Å². The molecule has 0 saturated heterocycles. The van der Waals surface area contributed by atoms with Crippen molar-refractivity contribution >= 4 is 23.9 Å². The van der Waals surface area contributed by atoms with Crippen molar-refractivity contribution in [2.24, 2.45) is 17.2 Å². The number of benzene rings is 2. The molecular formula is C23H34N4O5. The first-order valence-corrected chi connectivity index (χ1v) is 10.1. The van der Waals surface area contributed by atoms with Gasteiger partial charge in [-0.25, -0.2) is 0 Å². The molecule has 9 heteroatoms. The number of amides is 1. The molecular weight excluding hydrogens is 412 g/mol. The molecule has 0 aromatic heterocycles. The molecule has 9 nitrogen and oxygen atoms in total. The summed E-state index contributed by atoms with van der Waals surface area (Å²) in [5.74, 6) is -0.184. The van der Waals surface area contributed by atoms with Crippen molar-refractivity contribution in [3.8, 4) is 5.75 Å². The number of aldehydes is 1. The lowest BCUT2D eigenvalue weighted by molar-refractivity contribution is -0.138. The number of carbonyl (C=O) groups excluding carboxylic acids is 2. The summed E-state index contributed by atoms with van der Waals surface area (Å²) >= 11 is 0. The van der Waals surface area contributed by atoms with E-state index in [1.807, 2.05) is 24.3 Å². The molecule has 0 saturated carbocycles. The molecule has 8 N–H and O–H groups in total. The number of rotatable bonds is 9. The first-order valence-electron chi connectivity index (χ1n) is 10.1. The van der Waals surface area contributed by atoms with Gasteiger partial charge in [-0.15, -0.1) is 0 Å². The summed E-state index contributed by atoms with van der Waals surface area (Å²) in [6.45, 7) is 2.57. The summed E-state index contributed by atoms with van der Waals surface area (Å²) in [7, 11) is 1.65. The molecule has 1 atom stereocenters. The van der Waals surface area contributed by atoms with Gasteiger partial charge in [0.25, 0.3) is 0 Å². The Balaban J connectivity index is 0.000000454. The van der Waals surface area contributed by atoms with Gasteiger partial charge >= 0.3 is 5.97 Å². The zero-order valence-electron chi connectivity index (χ0n) is 18.6. The maximum Gasteiger partial charge on any atom is 0.320 e. The van der Waals surface area contributed by atoms with Gasteiger partial charge in [0.1, 0.15) is 18.1 Å². The van der Waals surface area contributed by atoms with E-state index in [0.29, 0.717) is 30.8 Å². The van der Waals surface area contributed by atoms with Gasteiger partial charge in [0.2, 0.25) is 5.91 Å². The largest absolute Gasteiger partial charge is 0.496 e. The fourth-order valence-electron chi connectivity index (χ4n) is 2.35. The van der Waals surface area contributed by atoms with Gasteiger partial charge in [0, 0.05) is 30.3 Å². The quantitative estimate of drug-likeness (QED) is 0.288. The standard InChI is InChI=1S/C9H9NO2.C8H11NO.C6H14N2O2/c1-7(12)10-9-4-2-8(6-11)3-5-9;1-10-8-5-3-2-4-7(8)6-9;7-4-2-1-3-5(8)6(9)10/h2-6H,1H3,(H,10,12);2-5H,6,9H2,1H3;5H,1-4,7-8H2,(H,9,10)/t;;5-/m..0/s1. The highest BCUT2D eigenvalue weighted by atomic mass is 16.5. The van der Waals surface area contributed by atoms with Crippen LogP contribution in [-0.4, -0.2) is 43.0 Å². The zero-order chi connectivity index (χ0) is 24.4. The molecule has 0 aliphatic rings. The van der Waals surface area contributed by atoms with E-state index in [-0.39, 0.29) is 5.91 Å². The molecule has 2 rings (SSSR count). The number of anilines is 1. The van der Waals surface area contributed by atoms with Crippen LogP contribution in [0.1, 0.15) is 42.1 Å². The van der Waals surface area contributed by atoms with Gasteiger partial charge in [0.05, 0.1) is 7.11 Å². The fourth-order valence-corrected chi connectivity index (χ4v) is 2.35. The van der Waals surface area contributed by atoms with E-state index in [4.69, 9.17) is 27.0 Å². The fraction of sp³-hybridized carbons (Fsp3) is 0.348. The normalized spacial score (nSPS) is 10.4. The lowest BCUT2D eigenvalue weighted by atomic mass is 10.1. The predicted octanol–water partition coefficient (Wildman–Crippen LogP) is 2.14. The van der Waals surface area contributed by atoms with Crippen molar-refractivity contribution in [2.75, 3.05) is 19.0 Å². The number of nitrogens with two attached hydrogens (primary N) is 3. The second kappa shape index (κ2) is 17.4. The molecule has 176 valence electrons. The molecule has 0 aliphatic carbocycles. The van der Waals surface area contributed by atoms with Gasteiger partial charge in [-0.1, -0.05) is 24.6 Å². The van der Waals surface area contributed by atoms with Crippen LogP contribution in [-0.2, 0) is 16.1 Å². The summed E-state index contributed by atoms with van der Waals surface area (Å²) in [6, 6.07) is 13.7. The van der Waals surface area contributed by atoms with E-state index in [1.54, 1.807) is 31.4 Å². The Morgan fingerprint density at radius 1 is 1.09 bits per heavy atom. The van der Waals surface area contributed by atoms with Crippen LogP contribution in [0.5, 0.6) is 5.75 Å². The molecule has 2 aromatic carbocycles. The van der Waals surface area contributed by atoms with Crippen LogP contribution in [0.2, 0.25) is 0 Å². The third-order valence-corrected chi connectivity index (χ3v) is 4.07. The van der Waals surface area contributed by atoms with Crippen LogP contribution in [0.3, 0.4) is 0 Å². The van der Waals surface area contributed by atoms with Crippen LogP contribution in [0, 0.1) is 0 Å². The molecule has 0 heterocycles. The number of hydrogen-bond acceptors (Lipinski definition) is 7. The number of ether oxygens (including phenoxy) is 1. The predicted molar refractivity (Wildman–Crippen MR) is 126 cm³/mol. The zero-order valence-corrected chi connectivity index (χ0v) is 18.6. The highest BCUT2D eigenvalue weighted by Crippen LogP contribution is 2.15. The Kier molecular flexibility index (Phi) is 15.6. The van der Waals surface area contributed by atoms with E-state index < -0.39 is 12.0 Å². The minimum absolute atomic E-state index is 0.117. The average molecular weight is 447 g/mol. The van der Waals surface area contributed by atoms with Crippen LogP contribution in [0.4, 0.5) is 5.69 Å². The number of carboxylic acid groups (broad SMARTS) is 1. The van der Waals surface area contributed by atoms with Gasteiger partial charge in [-0.3, -0.25) is 14.4 Å². The van der Waals surface area contributed by atoms with E-state index >= 15 is 0 Å². The molecule has 0 unspecified atom stereocenters. The first kappa shape index (κ1) is 28.7. The molecule has 32 heavy (non-hydrogen) atoms. The smallest absolute Gasteiger partial charge is 0.320 e. The summed E-state index contributed by atoms with van der Waals surface area (Å²) in [5.41, 5.74) is 18.2. The van der Waals surface area contributed by atoms with E-state index in [9.17, 15) is 14.4 Å². The van der Waals surface area contributed by atoms with Crippen molar-refractivity contribution in [1.82, 2.24) is 0 Å². The monoisotopic (exact) mass is 446 g/mol. The maximum absolute atomic E-state index is 10.6. The third kappa shape index (κ3) is 13.1. The van der Waals surface area contributed by atoms with Crippen LogP contribution in [0.25, 0.3) is 0 Å². The summed E-state index contributed by atoms with van der Waals surface area (Å²) in [5, 5.41) is 10.9. The number of unbranched alkanes of at least 4 members (excludes halogenated alkanes) is 1. The van der Waals surface area contributed by atoms with Crippen molar-refractivity contribution in [2.45, 2.75) is 38.8 Å². The number of aliphatic carboxylic acids is 1. The number of hydrogen-bond donors (Lipinski definition) is 5. The molecule has 0 fully saturated rings. The number of nitrogens with one attached hydrogen (secondary N) is 1. The van der Waals surface area contributed by atoms with Crippen LogP contribution >= 0.6 is 0 Å². The highest BCUT2D eigenvalue weighted by Gasteiger charge is 2.09. The third-order valence-electron chi connectivity index (χ3n) is 4.07. The molecule has 1 amide bonds. The van der Waals surface area contributed by atoms with Gasteiger partial charge < -0.3 is 32.4 Å². The second-order valence-electron chi connectivity index (χ2n) is 6.67. The number of carbonyl (C=O) groups is 3. The van der Waals surface area contributed by atoms with Crippen molar-refractivity contribution in [3.63, 3.8) is 0 Å². The van der Waals surface area contributed by atoms with Crippen LogP contribution in [0.15, 0.2) is 48.5 Å². The summed E-state index contributed by atoms with van der Waals surface area (Å²) in [4.78, 5) is 31.0. The van der Waals surface area contributed by atoms with Gasteiger partial charge in [-0.05, 0) is 49.7 Å². The Morgan fingerprint density at radius 2 is 1.72 bits per heavy atom. The van der Waals surface area contributed by atoms with Crippen LogP contribution < -0.4 is 27.3 Å². The SMILES string of the molecule is CC(=O)Nc1ccc(C=O)cc1.COc1ccccc1CN.NCCCC[C@H](N)C(=O)O. The van der Waals surface area contributed by atoms with E-state index in [0.717, 1.165) is 30.4 Å². The lowest BCUT2D eigenvalue weighted by Crippen LogP contribution is -2.29. The lowest BCUT2D eigenvalue weighted by Gasteiger charge is -2.03. The van der Waals surface area contributed by atoms with Gasteiger partial charge in [-0.2, -0.15) is 0 Å². The minimum atomic E-state index is -0.933. The second-order valence-corrected chi connectivity index (χ2v) is 6.67. The Labute approximate surface area is 188 Å².